The fourth-order valence-electron chi connectivity index (χ4n) is 7.78. The Kier molecular flexibility index (Phi) is 6.13. The number of ether oxygens (including phenoxy) is 2. The summed E-state index contributed by atoms with van der Waals surface area (Å²) in [5.74, 6) is 2.17. The highest BCUT2D eigenvalue weighted by Gasteiger charge is 2.55. The second-order valence-electron chi connectivity index (χ2n) is 11.2. The molecule has 4 nitrogen and oxygen atoms in total. The molecule has 4 aliphatic rings. The maximum Gasteiger partial charge on any atom is 0.305 e. The fourth-order valence-corrected chi connectivity index (χ4v) is 7.78. The normalized spacial score (nSPS) is 39.9. The fraction of sp³-hybridized carbons (Fsp3) is 0.778. The minimum atomic E-state index is -0.147. The summed E-state index contributed by atoms with van der Waals surface area (Å²) < 4.78 is 10.5. The Labute approximate surface area is 187 Å². The third kappa shape index (κ3) is 3.89. The molecule has 0 bridgehead atoms. The van der Waals surface area contributed by atoms with Crippen molar-refractivity contribution in [2.24, 2.45) is 34.5 Å². The number of carbonyl (C=O) groups excluding carboxylic acids is 2. The van der Waals surface area contributed by atoms with Gasteiger partial charge in [0, 0.05) is 13.3 Å². The first-order chi connectivity index (χ1) is 14.7. The SMILES string of the molecule is COC(=O)CC[C@H](C)[C@@H]1CC[C@@H]2C3=CC[C@@H]4C[C@H](OC(C)=O)CC[C@@]4(C)C3=CC[C@]21C. The van der Waals surface area contributed by atoms with Gasteiger partial charge in [0.2, 0.25) is 0 Å². The number of methoxy groups -OCH3 is 1. The molecule has 0 radical (unpaired) electrons. The largest absolute Gasteiger partial charge is 0.469 e. The number of hydrogen-bond acceptors (Lipinski definition) is 4. The van der Waals surface area contributed by atoms with Crippen LogP contribution in [0, 0.1) is 34.5 Å². The number of esters is 2. The lowest BCUT2D eigenvalue weighted by atomic mass is 9.51. The topological polar surface area (TPSA) is 52.6 Å². The molecule has 172 valence electrons. The van der Waals surface area contributed by atoms with Crippen LogP contribution in [0.5, 0.6) is 0 Å². The molecule has 0 N–H and O–H groups in total. The lowest BCUT2D eigenvalue weighted by molar-refractivity contribution is -0.150. The predicted octanol–water partition coefficient (Wildman–Crippen LogP) is 6.01. The van der Waals surface area contributed by atoms with Crippen LogP contribution >= 0.6 is 0 Å². The van der Waals surface area contributed by atoms with E-state index in [4.69, 9.17) is 9.47 Å². The molecule has 2 fully saturated rings. The Balaban J connectivity index is 1.52. The van der Waals surface area contributed by atoms with Crippen molar-refractivity contribution in [1.29, 1.82) is 0 Å². The first kappa shape index (κ1) is 22.6. The molecule has 0 aliphatic heterocycles. The van der Waals surface area contributed by atoms with Crippen LogP contribution in [-0.4, -0.2) is 25.2 Å². The second kappa shape index (κ2) is 8.41. The summed E-state index contributed by atoms with van der Waals surface area (Å²) in [6.45, 7) is 8.84. The van der Waals surface area contributed by atoms with Crippen molar-refractivity contribution in [2.45, 2.75) is 91.6 Å². The van der Waals surface area contributed by atoms with Crippen LogP contribution in [0.3, 0.4) is 0 Å². The minimum absolute atomic E-state index is 0.0873. The van der Waals surface area contributed by atoms with Crippen molar-refractivity contribution in [3.8, 4) is 0 Å². The van der Waals surface area contributed by atoms with Crippen molar-refractivity contribution >= 4 is 11.9 Å². The third-order valence-corrected chi connectivity index (χ3v) is 9.56. The summed E-state index contributed by atoms with van der Waals surface area (Å²) in [4.78, 5) is 23.1. The average molecular weight is 429 g/mol. The summed E-state index contributed by atoms with van der Waals surface area (Å²) in [5, 5.41) is 0. The Morgan fingerprint density at radius 1 is 1.19 bits per heavy atom. The van der Waals surface area contributed by atoms with Gasteiger partial charge in [-0.3, -0.25) is 9.59 Å². The quantitative estimate of drug-likeness (QED) is 0.504. The zero-order chi connectivity index (χ0) is 22.4. The molecule has 0 aromatic rings. The average Bonchev–Trinajstić information content (AvgIpc) is 3.09. The molecule has 0 amide bonds. The second-order valence-corrected chi connectivity index (χ2v) is 11.2. The highest BCUT2D eigenvalue weighted by Crippen LogP contribution is 2.65. The van der Waals surface area contributed by atoms with Gasteiger partial charge >= 0.3 is 11.9 Å². The first-order valence-electron chi connectivity index (χ1n) is 12.3. The molecule has 4 aliphatic carbocycles. The van der Waals surface area contributed by atoms with Gasteiger partial charge < -0.3 is 9.47 Å². The Morgan fingerprint density at radius 2 is 1.97 bits per heavy atom. The molecule has 0 aromatic carbocycles. The molecule has 31 heavy (non-hydrogen) atoms. The number of rotatable bonds is 5. The molecule has 0 spiro atoms. The number of fused-ring (bicyclic) bond motifs is 5. The summed E-state index contributed by atoms with van der Waals surface area (Å²) in [7, 11) is 1.48. The van der Waals surface area contributed by atoms with Gasteiger partial charge in [-0.25, -0.2) is 0 Å². The summed E-state index contributed by atoms with van der Waals surface area (Å²) in [6.07, 6.45) is 14.5. The Bertz CT molecular complexity index is 795. The van der Waals surface area contributed by atoms with Crippen LogP contribution in [0.2, 0.25) is 0 Å². The standard InChI is InChI=1S/C27H40O4/c1-17(6-11-25(29)30-5)22-9-10-23-21-8-7-19-16-20(31-18(2)28)12-14-26(19,3)24(21)13-15-27(22,23)4/h8,13,17,19-20,22-23H,6-7,9-12,14-16H2,1-5H3/t17-,19+,20+,22-,23+,26+,27-/m0/s1. The minimum Gasteiger partial charge on any atom is -0.469 e. The van der Waals surface area contributed by atoms with E-state index < -0.39 is 0 Å². The van der Waals surface area contributed by atoms with Crippen LogP contribution in [0.15, 0.2) is 23.3 Å². The molecule has 2 saturated carbocycles. The van der Waals surface area contributed by atoms with Crippen molar-refractivity contribution in [2.75, 3.05) is 7.11 Å². The van der Waals surface area contributed by atoms with Gasteiger partial charge in [-0.15, -0.1) is 0 Å². The van der Waals surface area contributed by atoms with Crippen LogP contribution in [0.25, 0.3) is 0 Å². The summed E-state index contributed by atoms with van der Waals surface area (Å²) >= 11 is 0. The van der Waals surface area contributed by atoms with Gasteiger partial charge in [0.25, 0.3) is 0 Å². The number of carbonyl (C=O) groups is 2. The summed E-state index contributed by atoms with van der Waals surface area (Å²) in [5.41, 5.74) is 3.75. The van der Waals surface area contributed by atoms with Gasteiger partial charge in [0.05, 0.1) is 7.11 Å². The van der Waals surface area contributed by atoms with E-state index in [2.05, 4.69) is 32.9 Å². The molecule has 0 heterocycles. The lowest BCUT2D eigenvalue weighted by Gasteiger charge is -2.53. The molecule has 4 rings (SSSR count). The zero-order valence-corrected chi connectivity index (χ0v) is 20.0. The van der Waals surface area contributed by atoms with E-state index in [1.807, 2.05) is 0 Å². The highest BCUT2D eigenvalue weighted by atomic mass is 16.5. The van der Waals surface area contributed by atoms with E-state index in [1.165, 1.54) is 26.9 Å². The lowest BCUT2D eigenvalue weighted by Crippen LogP contribution is -2.45. The van der Waals surface area contributed by atoms with E-state index in [9.17, 15) is 9.59 Å². The Hall–Kier alpha value is -1.58. The molecule has 0 unspecified atom stereocenters. The molecule has 0 aromatic heterocycles. The maximum absolute atomic E-state index is 11.7. The van der Waals surface area contributed by atoms with Gasteiger partial charge in [0.1, 0.15) is 6.10 Å². The first-order valence-corrected chi connectivity index (χ1v) is 12.3. The highest BCUT2D eigenvalue weighted by molar-refractivity contribution is 5.69. The predicted molar refractivity (Wildman–Crippen MR) is 121 cm³/mol. The van der Waals surface area contributed by atoms with Crippen LogP contribution in [0.4, 0.5) is 0 Å². The molecule has 4 heteroatoms. The smallest absolute Gasteiger partial charge is 0.305 e. The van der Waals surface area contributed by atoms with Crippen molar-refractivity contribution < 1.29 is 19.1 Å². The third-order valence-electron chi connectivity index (χ3n) is 9.56. The Morgan fingerprint density at radius 3 is 2.68 bits per heavy atom. The van der Waals surface area contributed by atoms with Crippen LogP contribution in [0.1, 0.15) is 85.5 Å². The van der Waals surface area contributed by atoms with Crippen molar-refractivity contribution in [3.05, 3.63) is 23.3 Å². The van der Waals surface area contributed by atoms with Gasteiger partial charge in [0.15, 0.2) is 0 Å². The number of allylic oxidation sites excluding steroid dienone is 4. The van der Waals surface area contributed by atoms with E-state index in [0.29, 0.717) is 35.5 Å². The van der Waals surface area contributed by atoms with Gasteiger partial charge in [-0.05, 0) is 97.0 Å². The van der Waals surface area contributed by atoms with E-state index in [-0.39, 0.29) is 23.5 Å². The van der Waals surface area contributed by atoms with E-state index in [1.54, 1.807) is 11.1 Å². The molecule has 7 atom stereocenters. The van der Waals surface area contributed by atoms with Gasteiger partial charge in [-0.2, -0.15) is 0 Å². The van der Waals surface area contributed by atoms with Crippen LogP contribution < -0.4 is 0 Å². The maximum atomic E-state index is 11.7. The van der Waals surface area contributed by atoms with Crippen molar-refractivity contribution in [3.63, 3.8) is 0 Å². The van der Waals surface area contributed by atoms with Crippen molar-refractivity contribution in [1.82, 2.24) is 0 Å². The molecule has 0 saturated heterocycles. The molecular weight excluding hydrogens is 388 g/mol. The monoisotopic (exact) mass is 428 g/mol. The molecular formula is C27H40O4. The summed E-state index contributed by atoms with van der Waals surface area (Å²) in [6, 6.07) is 0. The zero-order valence-electron chi connectivity index (χ0n) is 20.0. The van der Waals surface area contributed by atoms with Crippen LogP contribution in [-0.2, 0) is 19.1 Å². The van der Waals surface area contributed by atoms with E-state index >= 15 is 0 Å². The van der Waals surface area contributed by atoms with Gasteiger partial charge in [-0.1, -0.05) is 32.9 Å². The number of hydrogen-bond donors (Lipinski definition) is 0. The van der Waals surface area contributed by atoms with E-state index in [0.717, 1.165) is 38.5 Å².